The fraction of sp³-hybridized carbons (Fsp3) is 0.300. The number of carbonyl (C=O) groups excluding carboxylic acids is 2. The molecule has 1 aromatic carbocycles. The Morgan fingerprint density at radius 1 is 1.29 bits per heavy atom. The molecule has 7 nitrogen and oxygen atoms in total. The third-order valence-electron chi connectivity index (χ3n) is 5.06. The lowest BCUT2D eigenvalue weighted by Gasteiger charge is -2.41. The molecule has 2 aliphatic carbocycles. The highest BCUT2D eigenvalue weighted by molar-refractivity contribution is 6.31. The van der Waals surface area contributed by atoms with Gasteiger partial charge in [-0.25, -0.2) is 20.4 Å². The molecule has 1 aliphatic heterocycles. The van der Waals surface area contributed by atoms with Crippen molar-refractivity contribution in [3.05, 3.63) is 70.5 Å². The van der Waals surface area contributed by atoms with Gasteiger partial charge in [0.2, 0.25) is 0 Å². The van der Waals surface area contributed by atoms with Gasteiger partial charge in [0.25, 0.3) is 6.23 Å². The van der Waals surface area contributed by atoms with Crippen molar-refractivity contribution in [2.45, 2.75) is 24.8 Å². The number of methoxy groups -OCH3 is 1. The van der Waals surface area contributed by atoms with E-state index in [4.69, 9.17) is 25.8 Å². The molecule has 3 atom stereocenters. The Morgan fingerprint density at radius 2 is 2.07 bits per heavy atom. The first kappa shape index (κ1) is 18.7. The number of rotatable bonds is 4. The lowest BCUT2D eigenvalue weighted by molar-refractivity contribution is -0.171. The zero-order valence-corrected chi connectivity index (χ0v) is 15.9. The van der Waals surface area contributed by atoms with Gasteiger partial charge in [0.15, 0.2) is 5.54 Å². The summed E-state index contributed by atoms with van der Waals surface area (Å²) in [7, 11) is 1.31. The third-order valence-corrected chi connectivity index (χ3v) is 5.32. The van der Waals surface area contributed by atoms with Gasteiger partial charge in [0.1, 0.15) is 12.4 Å². The molecule has 1 fully saturated rings. The van der Waals surface area contributed by atoms with E-state index < -0.39 is 23.7 Å². The normalized spacial score (nSPS) is 28.0. The van der Waals surface area contributed by atoms with Crippen molar-refractivity contribution in [2.24, 2.45) is 5.92 Å². The summed E-state index contributed by atoms with van der Waals surface area (Å²) in [5.41, 5.74) is 6.15. The van der Waals surface area contributed by atoms with E-state index in [1.807, 2.05) is 36.4 Å². The molecule has 0 bridgehead atoms. The van der Waals surface area contributed by atoms with Crippen LogP contribution in [0.3, 0.4) is 0 Å². The maximum atomic E-state index is 12.7. The number of carbonyl (C=O) groups is 2. The van der Waals surface area contributed by atoms with E-state index in [1.165, 1.54) is 7.11 Å². The van der Waals surface area contributed by atoms with Crippen LogP contribution in [0.15, 0.2) is 64.9 Å². The van der Waals surface area contributed by atoms with Crippen LogP contribution in [-0.2, 0) is 30.4 Å². The largest absolute Gasteiger partial charge is 0.467 e. The van der Waals surface area contributed by atoms with Gasteiger partial charge >= 0.3 is 11.9 Å². The SMILES string of the molecule is COC(=O)[C@]12NN[C@@H](C(=O)OCc3ccccc3)OC1=CC1=CC(Cl)=CC[C@H]12. The molecular weight excluding hydrogens is 384 g/mol. The van der Waals surface area contributed by atoms with Gasteiger partial charge in [-0.1, -0.05) is 48.0 Å². The van der Waals surface area contributed by atoms with Crippen LogP contribution in [0.5, 0.6) is 0 Å². The fourth-order valence-corrected chi connectivity index (χ4v) is 3.88. The molecule has 0 aromatic heterocycles. The van der Waals surface area contributed by atoms with E-state index in [9.17, 15) is 9.59 Å². The Hall–Kier alpha value is -2.61. The molecule has 0 spiro atoms. The summed E-state index contributed by atoms with van der Waals surface area (Å²) < 4.78 is 16.1. The summed E-state index contributed by atoms with van der Waals surface area (Å²) >= 11 is 6.11. The Bertz CT molecular complexity index is 895. The van der Waals surface area contributed by atoms with Gasteiger partial charge in [-0.15, -0.1) is 0 Å². The highest BCUT2D eigenvalue weighted by atomic mass is 35.5. The topological polar surface area (TPSA) is 85.9 Å². The van der Waals surface area contributed by atoms with E-state index in [1.54, 1.807) is 12.2 Å². The Kier molecular flexibility index (Phi) is 4.97. The van der Waals surface area contributed by atoms with Gasteiger partial charge in [0, 0.05) is 11.0 Å². The number of hydrogen-bond donors (Lipinski definition) is 2. The minimum atomic E-state index is -1.26. The second-order valence-electron chi connectivity index (χ2n) is 6.69. The highest BCUT2D eigenvalue weighted by Crippen LogP contribution is 2.47. The predicted octanol–water partition coefficient (Wildman–Crippen LogP) is 2.06. The van der Waals surface area contributed by atoms with Crippen molar-refractivity contribution in [1.82, 2.24) is 10.9 Å². The molecule has 3 aliphatic rings. The Labute approximate surface area is 166 Å². The quantitative estimate of drug-likeness (QED) is 0.745. The van der Waals surface area contributed by atoms with Crippen molar-refractivity contribution in [2.75, 3.05) is 7.11 Å². The number of ether oxygens (including phenoxy) is 3. The van der Waals surface area contributed by atoms with Gasteiger partial charge in [-0.2, -0.15) is 0 Å². The van der Waals surface area contributed by atoms with Crippen LogP contribution in [-0.4, -0.2) is 30.8 Å². The molecular formula is C20H19ClN2O5. The summed E-state index contributed by atoms with van der Waals surface area (Å²) in [4.78, 5) is 25.1. The first-order valence-electron chi connectivity index (χ1n) is 8.82. The highest BCUT2D eigenvalue weighted by Gasteiger charge is 2.59. The van der Waals surface area contributed by atoms with Crippen molar-refractivity contribution in [3.8, 4) is 0 Å². The molecule has 28 heavy (non-hydrogen) atoms. The smallest absolute Gasteiger partial charge is 0.364 e. The van der Waals surface area contributed by atoms with Crippen molar-refractivity contribution in [3.63, 3.8) is 0 Å². The fourth-order valence-electron chi connectivity index (χ4n) is 3.67. The summed E-state index contributed by atoms with van der Waals surface area (Å²) in [6.07, 6.45) is 4.76. The number of hydrazine groups is 1. The Balaban J connectivity index is 1.52. The van der Waals surface area contributed by atoms with Crippen molar-refractivity contribution in [1.29, 1.82) is 0 Å². The summed E-state index contributed by atoms with van der Waals surface area (Å²) in [5.74, 6) is -1.07. The van der Waals surface area contributed by atoms with Gasteiger partial charge in [-0.05, 0) is 29.7 Å². The summed E-state index contributed by atoms with van der Waals surface area (Å²) in [6, 6.07) is 9.33. The van der Waals surface area contributed by atoms with Gasteiger partial charge in [-0.3, -0.25) is 0 Å². The lowest BCUT2D eigenvalue weighted by atomic mass is 9.79. The lowest BCUT2D eigenvalue weighted by Crippen LogP contribution is -2.69. The van der Waals surface area contributed by atoms with Gasteiger partial charge < -0.3 is 14.2 Å². The maximum absolute atomic E-state index is 12.7. The van der Waals surface area contributed by atoms with E-state index in [0.29, 0.717) is 17.2 Å². The number of allylic oxidation sites excluding steroid dienone is 4. The van der Waals surface area contributed by atoms with Gasteiger partial charge in [0.05, 0.1) is 7.11 Å². The minimum Gasteiger partial charge on any atom is -0.467 e. The zero-order valence-electron chi connectivity index (χ0n) is 15.1. The monoisotopic (exact) mass is 402 g/mol. The summed E-state index contributed by atoms with van der Waals surface area (Å²) in [5, 5.41) is 0.591. The average molecular weight is 403 g/mol. The Morgan fingerprint density at radius 3 is 2.82 bits per heavy atom. The standard InChI is InChI=1S/C20H19ClN2O5/c1-26-19(25)20-15-8-7-14(21)9-13(15)10-16(20)28-17(22-23-20)18(24)27-11-12-5-3-2-4-6-12/h2-7,9-10,15,17,22-23H,8,11H2,1H3/t15-,17-,20-/m1/s1. The molecule has 4 rings (SSSR count). The first-order valence-corrected chi connectivity index (χ1v) is 9.20. The second-order valence-corrected chi connectivity index (χ2v) is 7.13. The third kappa shape index (κ3) is 3.11. The number of esters is 2. The molecule has 2 N–H and O–H groups in total. The molecule has 146 valence electrons. The zero-order chi connectivity index (χ0) is 19.7. The van der Waals surface area contributed by atoms with E-state index >= 15 is 0 Å². The van der Waals surface area contributed by atoms with Crippen molar-refractivity contribution < 1.29 is 23.8 Å². The summed E-state index contributed by atoms with van der Waals surface area (Å²) in [6.45, 7) is 0.121. The minimum absolute atomic E-state index is 0.121. The van der Waals surface area contributed by atoms with E-state index in [0.717, 1.165) is 11.1 Å². The molecule has 0 amide bonds. The van der Waals surface area contributed by atoms with Crippen LogP contribution < -0.4 is 10.9 Å². The average Bonchev–Trinajstić information content (AvgIpc) is 3.05. The second kappa shape index (κ2) is 7.43. The number of halogens is 1. The van der Waals surface area contributed by atoms with Crippen LogP contribution >= 0.6 is 11.6 Å². The van der Waals surface area contributed by atoms with E-state index in [-0.39, 0.29) is 12.5 Å². The molecule has 1 saturated heterocycles. The molecule has 0 unspecified atom stereocenters. The van der Waals surface area contributed by atoms with E-state index in [2.05, 4.69) is 10.9 Å². The van der Waals surface area contributed by atoms with Crippen LogP contribution in [0.1, 0.15) is 12.0 Å². The number of fused-ring (bicyclic) bond motifs is 3. The predicted molar refractivity (Wildman–Crippen MR) is 100 cm³/mol. The van der Waals surface area contributed by atoms with Crippen molar-refractivity contribution >= 4 is 23.5 Å². The molecule has 0 saturated carbocycles. The molecule has 0 radical (unpaired) electrons. The van der Waals surface area contributed by atoms with Crippen LogP contribution in [0, 0.1) is 5.92 Å². The number of benzene rings is 1. The number of nitrogens with one attached hydrogen (secondary N) is 2. The van der Waals surface area contributed by atoms with Crippen LogP contribution in [0.4, 0.5) is 0 Å². The first-order chi connectivity index (χ1) is 13.5. The molecule has 1 aromatic rings. The maximum Gasteiger partial charge on any atom is 0.364 e. The van der Waals surface area contributed by atoms with Crippen LogP contribution in [0.25, 0.3) is 0 Å². The van der Waals surface area contributed by atoms with Crippen LogP contribution in [0.2, 0.25) is 0 Å². The number of hydrogen-bond acceptors (Lipinski definition) is 7. The molecule has 1 heterocycles. The molecule has 8 heteroatoms.